The van der Waals surface area contributed by atoms with Crippen LogP contribution in [0.15, 0.2) is 70.6 Å². The van der Waals surface area contributed by atoms with Crippen molar-refractivity contribution in [2.45, 2.75) is 16.7 Å². The first kappa shape index (κ1) is 18.3. The lowest BCUT2D eigenvalue weighted by atomic mass is 10.2. The van der Waals surface area contributed by atoms with E-state index >= 15 is 0 Å². The Morgan fingerprint density at radius 2 is 1.88 bits per heavy atom. The third-order valence-corrected chi connectivity index (χ3v) is 7.37. The van der Waals surface area contributed by atoms with Gasteiger partial charge in [0, 0.05) is 28.8 Å². The molecular formula is C18H18N2O2S3. The summed E-state index contributed by atoms with van der Waals surface area (Å²) in [6.45, 7) is 2.43. The number of para-hydroxylation sites is 1. The topological polar surface area (TPSA) is 59.1 Å². The SMILES string of the molecule is Cc1cccc(SSCCNS(=O)(=O)c2cccc3cccnc23)c1. The minimum Gasteiger partial charge on any atom is -0.255 e. The maximum atomic E-state index is 12.6. The number of aryl methyl sites for hydroxylation is 1. The summed E-state index contributed by atoms with van der Waals surface area (Å²) in [6, 6.07) is 17.1. The number of nitrogens with one attached hydrogen (secondary N) is 1. The zero-order chi connectivity index (χ0) is 17.7. The van der Waals surface area contributed by atoms with E-state index in [-0.39, 0.29) is 4.90 Å². The Kier molecular flexibility index (Phi) is 6.01. The number of rotatable bonds is 7. The molecule has 0 saturated carbocycles. The summed E-state index contributed by atoms with van der Waals surface area (Å²) >= 11 is 0. The Balaban J connectivity index is 1.58. The van der Waals surface area contributed by atoms with E-state index in [1.54, 1.807) is 46.0 Å². The van der Waals surface area contributed by atoms with Crippen LogP contribution in [-0.2, 0) is 10.0 Å². The predicted octanol–water partition coefficient (Wildman–Crippen LogP) is 4.26. The Morgan fingerprint density at radius 3 is 2.72 bits per heavy atom. The first-order chi connectivity index (χ1) is 12.1. The van der Waals surface area contributed by atoms with E-state index < -0.39 is 10.0 Å². The first-order valence-electron chi connectivity index (χ1n) is 7.76. The summed E-state index contributed by atoms with van der Waals surface area (Å²) < 4.78 is 27.8. The van der Waals surface area contributed by atoms with Crippen LogP contribution < -0.4 is 4.72 Å². The molecule has 130 valence electrons. The molecule has 0 amide bonds. The summed E-state index contributed by atoms with van der Waals surface area (Å²) in [7, 11) is -0.292. The number of benzene rings is 2. The average molecular weight is 391 g/mol. The summed E-state index contributed by atoms with van der Waals surface area (Å²) in [5.41, 5.74) is 1.72. The van der Waals surface area contributed by atoms with Crippen LogP contribution in [0.3, 0.4) is 0 Å². The Morgan fingerprint density at radius 1 is 1.08 bits per heavy atom. The second-order valence-corrected chi connectivity index (χ2v) is 9.68. The van der Waals surface area contributed by atoms with Gasteiger partial charge in [-0.1, -0.05) is 51.9 Å². The highest BCUT2D eigenvalue weighted by molar-refractivity contribution is 8.76. The van der Waals surface area contributed by atoms with Crippen LogP contribution in [0.2, 0.25) is 0 Å². The van der Waals surface area contributed by atoms with E-state index in [1.165, 1.54) is 10.5 Å². The molecule has 0 aliphatic rings. The van der Waals surface area contributed by atoms with Gasteiger partial charge in [-0.15, -0.1) is 0 Å². The number of fused-ring (bicyclic) bond motifs is 1. The Bertz CT molecular complexity index is 969. The zero-order valence-electron chi connectivity index (χ0n) is 13.7. The van der Waals surface area contributed by atoms with Crippen molar-refractivity contribution < 1.29 is 8.42 Å². The fourth-order valence-electron chi connectivity index (χ4n) is 2.37. The molecule has 0 aliphatic heterocycles. The second-order valence-electron chi connectivity index (χ2n) is 5.45. The molecule has 0 aliphatic carbocycles. The van der Waals surface area contributed by atoms with Crippen molar-refractivity contribution in [2.75, 3.05) is 12.3 Å². The third kappa shape index (κ3) is 4.76. The van der Waals surface area contributed by atoms with Gasteiger partial charge >= 0.3 is 0 Å². The van der Waals surface area contributed by atoms with Crippen LogP contribution >= 0.6 is 21.6 Å². The van der Waals surface area contributed by atoms with Gasteiger partial charge in [0.2, 0.25) is 10.0 Å². The van der Waals surface area contributed by atoms with Crippen molar-refractivity contribution in [1.29, 1.82) is 0 Å². The van der Waals surface area contributed by atoms with Gasteiger partial charge in [-0.3, -0.25) is 4.98 Å². The molecule has 0 saturated heterocycles. The van der Waals surface area contributed by atoms with Gasteiger partial charge in [0.15, 0.2) is 0 Å². The second kappa shape index (κ2) is 8.23. The average Bonchev–Trinajstić information content (AvgIpc) is 2.61. The van der Waals surface area contributed by atoms with Crippen molar-refractivity contribution in [2.24, 2.45) is 0 Å². The highest BCUT2D eigenvalue weighted by Gasteiger charge is 2.17. The van der Waals surface area contributed by atoms with Gasteiger partial charge in [0.25, 0.3) is 0 Å². The van der Waals surface area contributed by atoms with E-state index in [4.69, 9.17) is 0 Å². The molecule has 2 aromatic carbocycles. The zero-order valence-corrected chi connectivity index (χ0v) is 16.1. The van der Waals surface area contributed by atoms with Crippen LogP contribution in [0.25, 0.3) is 10.9 Å². The van der Waals surface area contributed by atoms with Gasteiger partial charge in [0.05, 0.1) is 5.52 Å². The summed E-state index contributed by atoms with van der Waals surface area (Å²) in [5, 5.41) is 0.815. The lowest BCUT2D eigenvalue weighted by molar-refractivity contribution is 0.585. The fraction of sp³-hybridized carbons (Fsp3) is 0.167. The number of hydrogen-bond donors (Lipinski definition) is 1. The fourth-order valence-corrected chi connectivity index (χ4v) is 5.70. The van der Waals surface area contributed by atoms with Gasteiger partial charge in [-0.2, -0.15) is 0 Å². The Labute approximate surface area is 155 Å². The molecule has 7 heteroatoms. The van der Waals surface area contributed by atoms with Crippen molar-refractivity contribution in [3.63, 3.8) is 0 Å². The lowest BCUT2D eigenvalue weighted by Crippen LogP contribution is -2.26. The quantitative estimate of drug-likeness (QED) is 0.482. The number of sulfonamides is 1. The van der Waals surface area contributed by atoms with E-state index in [1.807, 2.05) is 18.2 Å². The lowest BCUT2D eigenvalue weighted by Gasteiger charge is -2.08. The van der Waals surface area contributed by atoms with Gasteiger partial charge < -0.3 is 0 Å². The molecular weight excluding hydrogens is 372 g/mol. The summed E-state index contributed by atoms with van der Waals surface area (Å²) in [6.07, 6.45) is 1.61. The number of pyridine rings is 1. The first-order valence-corrected chi connectivity index (χ1v) is 11.6. The van der Waals surface area contributed by atoms with Gasteiger partial charge in [-0.25, -0.2) is 13.1 Å². The van der Waals surface area contributed by atoms with Crippen molar-refractivity contribution in [1.82, 2.24) is 9.71 Å². The van der Waals surface area contributed by atoms with Crippen LogP contribution in [0, 0.1) is 6.92 Å². The predicted molar refractivity (Wildman–Crippen MR) is 106 cm³/mol. The van der Waals surface area contributed by atoms with Crippen molar-refractivity contribution >= 4 is 42.5 Å². The largest absolute Gasteiger partial charge is 0.255 e. The summed E-state index contributed by atoms with van der Waals surface area (Å²) in [4.78, 5) is 5.61. The molecule has 25 heavy (non-hydrogen) atoms. The number of nitrogens with zero attached hydrogens (tertiary/aromatic N) is 1. The molecule has 0 unspecified atom stereocenters. The number of hydrogen-bond acceptors (Lipinski definition) is 5. The smallest absolute Gasteiger partial charge is 0.242 e. The molecule has 3 rings (SSSR count). The molecule has 0 radical (unpaired) electrons. The van der Waals surface area contributed by atoms with Crippen molar-refractivity contribution in [3.05, 3.63) is 66.4 Å². The van der Waals surface area contributed by atoms with Crippen LogP contribution in [-0.4, -0.2) is 25.7 Å². The minimum absolute atomic E-state index is 0.224. The highest BCUT2D eigenvalue weighted by atomic mass is 33.1. The number of aromatic nitrogens is 1. The Hall–Kier alpha value is -1.54. The molecule has 0 fully saturated rings. The normalized spacial score (nSPS) is 11.7. The summed E-state index contributed by atoms with van der Waals surface area (Å²) in [5.74, 6) is 0.677. The van der Waals surface area contributed by atoms with Crippen molar-refractivity contribution in [3.8, 4) is 0 Å². The maximum absolute atomic E-state index is 12.6. The molecule has 4 nitrogen and oxygen atoms in total. The molecule has 3 aromatic rings. The molecule has 0 spiro atoms. The molecule has 1 heterocycles. The molecule has 1 N–H and O–H groups in total. The monoisotopic (exact) mass is 390 g/mol. The van der Waals surface area contributed by atoms with E-state index in [9.17, 15) is 8.42 Å². The third-order valence-electron chi connectivity index (χ3n) is 3.51. The molecule has 1 aromatic heterocycles. The van der Waals surface area contributed by atoms with Crippen LogP contribution in [0.5, 0.6) is 0 Å². The van der Waals surface area contributed by atoms with Crippen LogP contribution in [0.4, 0.5) is 0 Å². The van der Waals surface area contributed by atoms with E-state index in [0.717, 1.165) is 5.39 Å². The van der Waals surface area contributed by atoms with Gasteiger partial charge in [0.1, 0.15) is 4.90 Å². The highest BCUT2D eigenvalue weighted by Crippen LogP contribution is 2.31. The standard InChI is InChI=1S/C18H18N2O2S3/c1-14-5-2-8-16(13-14)24-23-12-11-20-25(21,22)17-9-3-6-15-7-4-10-19-18(15)17/h2-10,13,20H,11-12H2,1H3. The van der Waals surface area contributed by atoms with Crippen LogP contribution in [0.1, 0.15) is 5.56 Å². The molecule has 0 bridgehead atoms. The van der Waals surface area contributed by atoms with E-state index in [2.05, 4.69) is 34.8 Å². The van der Waals surface area contributed by atoms with Gasteiger partial charge in [-0.05, 0) is 36.8 Å². The maximum Gasteiger partial charge on any atom is 0.242 e. The van der Waals surface area contributed by atoms with E-state index in [0.29, 0.717) is 17.8 Å². The molecule has 0 atom stereocenters. The minimum atomic E-state index is -3.57.